The lowest BCUT2D eigenvalue weighted by atomic mass is 9.77. The Hall–Kier alpha value is -3.95. The van der Waals surface area contributed by atoms with Gasteiger partial charge in [0.05, 0.1) is 20.6 Å². The van der Waals surface area contributed by atoms with Crippen LogP contribution < -0.4 is 24.3 Å². The highest BCUT2D eigenvalue weighted by molar-refractivity contribution is 5.80. The second-order valence-corrected chi connectivity index (χ2v) is 12.5. The van der Waals surface area contributed by atoms with Crippen molar-refractivity contribution in [1.29, 1.82) is 0 Å². The summed E-state index contributed by atoms with van der Waals surface area (Å²) >= 11 is 0. The SMILES string of the molecule is COc1cc2cc(c1OC)CCCNC(=O)CCC[C@H]1[C@@H]3C[C@@H](CN(C(=O)Cc4ccc5c(c4)OCO5)C3)CN1C(=O)CC2. The van der Waals surface area contributed by atoms with Crippen LogP contribution in [-0.2, 0) is 33.6 Å². The minimum absolute atomic E-state index is 0.00145. The van der Waals surface area contributed by atoms with Gasteiger partial charge in [0, 0.05) is 45.1 Å². The van der Waals surface area contributed by atoms with Crippen LogP contribution in [0.4, 0.5) is 0 Å². The standard InChI is InChI=1S/C34H43N3O7/c1-41-30-16-22-9-11-32(39)37-19-24-14-26(20-36(18-24)33(40)17-23-8-10-28-29(15-23)44-21-43-28)27(37)6-3-7-31(38)35-12-4-5-25(13-22)34(30)42-2/h8,10,13,15-16,24,26-27H,3-7,9,11-12,14,17-21H2,1-2H3,(H,35,38)/t24-,26+,27-/m0/s1. The third-order valence-electron chi connectivity index (χ3n) is 9.53. The Morgan fingerprint density at radius 1 is 0.955 bits per heavy atom. The zero-order chi connectivity index (χ0) is 30.6. The number of hydrogen-bond donors (Lipinski definition) is 1. The van der Waals surface area contributed by atoms with E-state index >= 15 is 0 Å². The third kappa shape index (κ3) is 6.59. The van der Waals surface area contributed by atoms with Gasteiger partial charge in [-0.2, -0.15) is 0 Å². The van der Waals surface area contributed by atoms with Crippen molar-refractivity contribution >= 4 is 17.7 Å². The van der Waals surface area contributed by atoms with Crippen molar-refractivity contribution in [3.05, 3.63) is 47.0 Å². The van der Waals surface area contributed by atoms with Gasteiger partial charge in [0.25, 0.3) is 0 Å². The maximum atomic E-state index is 13.8. The number of methoxy groups -OCH3 is 2. The molecule has 4 bridgehead atoms. The Kier molecular flexibility index (Phi) is 9.14. The molecule has 2 aromatic rings. The maximum Gasteiger partial charge on any atom is 0.231 e. The zero-order valence-electron chi connectivity index (χ0n) is 25.8. The first kappa shape index (κ1) is 30.1. The molecular formula is C34H43N3O7. The molecule has 10 heteroatoms. The minimum atomic E-state index is 0.00145. The molecule has 2 saturated heterocycles. The van der Waals surface area contributed by atoms with Gasteiger partial charge in [-0.1, -0.05) is 12.1 Å². The smallest absolute Gasteiger partial charge is 0.231 e. The molecule has 44 heavy (non-hydrogen) atoms. The fraction of sp³-hybridized carbons (Fsp3) is 0.559. The molecule has 2 aromatic carbocycles. The van der Waals surface area contributed by atoms with Gasteiger partial charge >= 0.3 is 0 Å². The van der Waals surface area contributed by atoms with Crippen molar-refractivity contribution in [3.8, 4) is 23.0 Å². The summed E-state index contributed by atoms with van der Waals surface area (Å²) < 4.78 is 22.2. The Morgan fingerprint density at radius 2 is 1.82 bits per heavy atom. The Bertz CT molecular complexity index is 1400. The number of carbonyl (C=O) groups excluding carboxylic acids is 3. The number of amides is 3. The molecular weight excluding hydrogens is 562 g/mol. The van der Waals surface area contributed by atoms with E-state index in [0.717, 1.165) is 42.4 Å². The molecule has 6 rings (SSSR count). The second kappa shape index (κ2) is 13.4. The summed E-state index contributed by atoms with van der Waals surface area (Å²) in [5.74, 6) is 3.43. The predicted octanol–water partition coefficient (Wildman–Crippen LogP) is 3.52. The summed E-state index contributed by atoms with van der Waals surface area (Å²) in [5, 5.41) is 3.06. The Morgan fingerprint density at radius 3 is 2.66 bits per heavy atom. The highest BCUT2D eigenvalue weighted by atomic mass is 16.7. The van der Waals surface area contributed by atoms with E-state index in [2.05, 4.69) is 16.3 Å². The molecule has 1 N–H and O–H groups in total. The molecule has 4 heterocycles. The average molecular weight is 606 g/mol. The van der Waals surface area contributed by atoms with E-state index in [0.29, 0.717) is 81.3 Å². The molecule has 10 nitrogen and oxygen atoms in total. The van der Waals surface area contributed by atoms with Crippen LogP contribution in [0, 0.1) is 11.8 Å². The monoisotopic (exact) mass is 605 g/mol. The number of likely N-dealkylation sites (tertiary alicyclic amines) is 1. The van der Waals surface area contributed by atoms with Gasteiger partial charge in [0.15, 0.2) is 23.0 Å². The van der Waals surface area contributed by atoms with Gasteiger partial charge in [0.1, 0.15) is 0 Å². The number of hydrogen-bond acceptors (Lipinski definition) is 7. The van der Waals surface area contributed by atoms with E-state index in [9.17, 15) is 14.4 Å². The molecule has 4 aliphatic rings. The summed E-state index contributed by atoms with van der Waals surface area (Å²) in [6.45, 7) is 2.71. The van der Waals surface area contributed by atoms with Crippen LogP contribution in [0.5, 0.6) is 23.0 Å². The molecule has 3 atom stereocenters. The highest BCUT2D eigenvalue weighted by Gasteiger charge is 2.43. The molecule has 3 amide bonds. The molecule has 0 spiro atoms. The Labute approximate surface area is 259 Å². The summed E-state index contributed by atoms with van der Waals surface area (Å²) in [6.07, 6.45) is 5.71. The zero-order valence-corrected chi connectivity index (χ0v) is 25.8. The number of piperidine rings is 2. The van der Waals surface area contributed by atoms with Crippen molar-refractivity contribution in [2.24, 2.45) is 11.8 Å². The van der Waals surface area contributed by atoms with E-state index in [1.165, 1.54) is 0 Å². The lowest BCUT2D eigenvalue weighted by molar-refractivity contribution is -0.145. The number of nitrogens with zero attached hydrogens (tertiary/aromatic N) is 2. The minimum Gasteiger partial charge on any atom is -0.493 e. The lowest BCUT2D eigenvalue weighted by Crippen LogP contribution is -2.60. The van der Waals surface area contributed by atoms with Crippen LogP contribution >= 0.6 is 0 Å². The topological polar surface area (TPSA) is 107 Å². The first-order chi connectivity index (χ1) is 21.4. The van der Waals surface area contributed by atoms with Gasteiger partial charge in [-0.15, -0.1) is 0 Å². The summed E-state index contributed by atoms with van der Waals surface area (Å²) in [6, 6.07) is 9.74. The first-order valence-electron chi connectivity index (χ1n) is 15.9. The normalized spacial score (nSPS) is 23.9. The molecule has 0 aliphatic carbocycles. The van der Waals surface area contributed by atoms with Gasteiger partial charge < -0.3 is 34.1 Å². The third-order valence-corrected chi connectivity index (χ3v) is 9.53. The van der Waals surface area contributed by atoms with Crippen LogP contribution in [0.15, 0.2) is 30.3 Å². The molecule has 2 fully saturated rings. The first-order valence-corrected chi connectivity index (χ1v) is 15.9. The number of carbonyl (C=O) groups is 3. The quantitative estimate of drug-likeness (QED) is 0.569. The summed E-state index contributed by atoms with van der Waals surface area (Å²) in [7, 11) is 3.26. The van der Waals surface area contributed by atoms with E-state index in [-0.39, 0.29) is 42.4 Å². The fourth-order valence-corrected chi connectivity index (χ4v) is 7.44. The van der Waals surface area contributed by atoms with E-state index < -0.39 is 0 Å². The van der Waals surface area contributed by atoms with Crippen LogP contribution in [0.3, 0.4) is 0 Å². The van der Waals surface area contributed by atoms with E-state index in [4.69, 9.17) is 18.9 Å². The fourth-order valence-electron chi connectivity index (χ4n) is 7.44. The van der Waals surface area contributed by atoms with Crippen molar-refractivity contribution in [3.63, 3.8) is 0 Å². The van der Waals surface area contributed by atoms with E-state index in [1.54, 1.807) is 14.2 Å². The molecule has 0 unspecified atom stereocenters. The highest BCUT2D eigenvalue weighted by Crippen LogP contribution is 2.38. The number of fused-ring (bicyclic) bond motifs is 7. The van der Waals surface area contributed by atoms with Gasteiger partial charge in [-0.3, -0.25) is 14.4 Å². The second-order valence-electron chi connectivity index (χ2n) is 12.5. The van der Waals surface area contributed by atoms with Crippen LogP contribution in [0.25, 0.3) is 0 Å². The number of aryl methyl sites for hydroxylation is 2. The predicted molar refractivity (Wildman–Crippen MR) is 163 cm³/mol. The molecule has 0 radical (unpaired) electrons. The largest absolute Gasteiger partial charge is 0.493 e. The Balaban J connectivity index is 1.18. The van der Waals surface area contributed by atoms with Crippen molar-refractivity contribution < 1.29 is 33.3 Å². The van der Waals surface area contributed by atoms with Gasteiger partial charge in [-0.25, -0.2) is 0 Å². The molecule has 4 aliphatic heterocycles. The number of benzene rings is 2. The molecule has 236 valence electrons. The molecule has 0 aromatic heterocycles. The van der Waals surface area contributed by atoms with Crippen molar-refractivity contribution in [2.45, 2.75) is 63.8 Å². The van der Waals surface area contributed by atoms with Crippen molar-refractivity contribution in [1.82, 2.24) is 15.1 Å². The van der Waals surface area contributed by atoms with Crippen molar-refractivity contribution in [2.75, 3.05) is 47.2 Å². The summed E-state index contributed by atoms with van der Waals surface area (Å²) in [4.78, 5) is 44.1. The lowest BCUT2D eigenvalue weighted by Gasteiger charge is -2.51. The van der Waals surface area contributed by atoms with E-state index in [1.807, 2.05) is 29.2 Å². The number of ether oxygens (including phenoxy) is 4. The van der Waals surface area contributed by atoms with Gasteiger partial charge in [-0.05, 0) is 85.3 Å². The average Bonchev–Trinajstić information content (AvgIpc) is 3.50. The maximum absolute atomic E-state index is 13.8. The van der Waals surface area contributed by atoms with Crippen LogP contribution in [-0.4, -0.2) is 80.8 Å². The number of rotatable bonds is 4. The molecule has 0 saturated carbocycles. The number of nitrogens with one attached hydrogen (secondary N) is 1. The van der Waals surface area contributed by atoms with Gasteiger partial charge in [0.2, 0.25) is 24.5 Å². The summed E-state index contributed by atoms with van der Waals surface area (Å²) in [5.41, 5.74) is 2.96. The van der Waals surface area contributed by atoms with Crippen LogP contribution in [0.2, 0.25) is 0 Å². The van der Waals surface area contributed by atoms with Crippen LogP contribution in [0.1, 0.15) is 55.2 Å².